The zero-order valence-corrected chi connectivity index (χ0v) is 14.7. The number of carbonyl (C=O) groups excluding carboxylic acids is 1. The minimum Gasteiger partial charge on any atom is -0.351 e. The second kappa shape index (κ2) is 8.37. The summed E-state index contributed by atoms with van der Waals surface area (Å²) in [6, 6.07) is 6.20. The molecule has 0 spiro atoms. The highest BCUT2D eigenvalue weighted by Crippen LogP contribution is 2.30. The molecule has 0 saturated heterocycles. The van der Waals surface area contributed by atoms with E-state index in [1.807, 2.05) is 0 Å². The van der Waals surface area contributed by atoms with Gasteiger partial charge < -0.3 is 10.6 Å². The molecule has 1 aromatic carbocycles. The first-order valence-electron chi connectivity index (χ1n) is 9.00. The van der Waals surface area contributed by atoms with E-state index >= 15 is 0 Å². The number of alkyl halides is 3. The molecular formula is C19H21F3N4O. The summed E-state index contributed by atoms with van der Waals surface area (Å²) in [5, 5.41) is 5.71. The standard InChI is InChI=1S/C19H21F3N4O/c20-19(21,22)13-6-5-9-15(12-13)24-17(27)16-10-11-23-18(26-16)25-14-7-3-1-2-4-8-14/h5-6,9-12,14H,1-4,7-8H2,(H,24,27)(H,23,25,26). The Morgan fingerprint density at radius 3 is 2.52 bits per heavy atom. The second-order valence-electron chi connectivity index (χ2n) is 6.63. The molecule has 5 nitrogen and oxygen atoms in total. The van der Waals surface area contributed by atoms with Gasteiger partial charge in [0.15, 0.2) is 0 Å². The fourth-order valence-corrected chi connectivity index (χ4v) is 3.13. The Morgan fingerprint density at radius 2 is 1.81 bits per heavy atom. The smallest absolute Gasteiger partial charge is 0.351 e. The van der Waals surface area contributed by atoms with Crippen molar-refractivity contribution in [3.05, 3.63) is 47.8 Å². The van der Waals surface area contributed by atoms with Gasteiger partial charge >= 0.3 is 6.18 Å². The lowest BCUT2D eigenvalue weighted by molar-refractivity contribution is -0.137. The maximum atomic E-state index is 12.8. The average Bonchev–Trinajstić information content (AvgIpc) is 2.90. The lowest BCUT2D eigenvalue weighted by Crippen LogP contribution is -2.21. The number of hydrogen-bond donors (Lipinski definition) is 2. The number of carbonyl (C=O) groups is 1. The Morgan fingerprint density at radius 1 is 1.07 bits per heavy atom. The van der Waals surface area contributed by atoms with Gasteiger partial charge in [-0.3, -0.25) is 4.79 Å². The van der Waals surface area contributed by atoms with Gasteiger partial charge in [0.05, 0.1) is 5.56 Å². The minimum absolute atomic E-state index is 0.0618. The predicted octanol–water partition coefficient (Wildman–Crippen LogP) is 4.88. The normalized spacial score (nSPS) is 15.8. The van der Waals surface area contributed by atoms with Crippen molar-refractivity contribution in [3.63, 3.8) is 0 Å². The molecule has 0 radical (unpaired) electrons. The van der Waals surface area contributed by atoms with Crippen molar-refractivity contribution < 1.29 is 18.0 Å². The number of aromatic nitrogens is 2. The third-order valence-electron chi connectivity index (χ3n) is 4.52. The van der Waals surface area contributed by atoms with Crippen LogP contribution in [0.15, 0.2) is 36.5 Å². The number of anilines is 2. The summed E-state index contributed by atoms with van der Waals surface area (Å²) in [7, 11) is 0. The largest absolute Gasteiger partial charge is 0.416 e. The van der Waals surface area contributed by atoms with Crippen molar-refractivity contribution >= 4 is 17.5 Å². The van der Waals surface area contributed by atoms with Crippen LogP contribution in [0.25, 0.3) is 0 Å². The number of halogens is 3. The molecule has 1 aliphatic rings. The van der Waals surface area contributed by atoms with E-state index in [2.05, 4.69) is 20.6 Å². The summed E-state index contributed by atoms with van der Waals surface area (Å²) in [6.07, 6.45) is 3.80. The second-order valence-corrected chi connectivity index (χ2v) is 6.63. The molecule has 1 fully saturated rings. The number of rotatable bonds is 4. The van der Waals surface area contributed by atoms with Crippen LogP contribution >= 0.6 is 0 Å². The number of nitrogens with one attached hydrogen (secondary N) is 2. The van der Waals surface area contributed by atoms with Crippen molar-refractivity contribution in [3.8, 4) is 0 Å². The van der Waals surface area contributed by atoms with E-state index in [0.717, 1.165) is 37.8 Å². The van der Waals surface area contributed by atoms with Gasteiger partial charge in [0.25, 0.3) is 5.91 Å². The van der Waals surface area contributed by atoms with E-state index in [0.29, 0.717) is 5.95 Å². The van der Waals surface area contributed by atoms with E-state index in [9.17, 15) is 18.0 Å². The molecule has 0 bridgehead atoms. The lowest BCUT2D eigenvalue weighted by Gasteiger charge is -2.16. The number of amides is 1. The Bertz CT molecular complexity index is 787. The summed E-state index contributed by atoms with van der Waals surface area (Å²) in [4.78, 5) is 20.7. The first-order valence-corrected chi connectivity index (χ1v) is 9.00. The number of hydrogen-bond acceptors (Lipinski definition) is 4. The summed E-state index contributed by atoms with van der Waals surface area (Å²) in [5.41, 5.74) is -0.663. The van der Waals surface area contributed by atoms with Crippen LogP contribution < -0.4 is 10.6 Å². The lowest BCUT2D eigenvalue weighted by atomic mass is 10.1. The topological polar surface area (TPSA) is 66.9 Å². The van der Waals surface area contributed by atoms with Crippen LogP contribution in [0, 0.1) is 0 Å². The van der Waals surface area contributed by atoms with Gasteiger partial charge in [-0.1, -0.05) is 31.7 Å². The van der Waals surface area contributed by atoms with E-state index in [1.165, 1.54) is 37.2 Å². The van der Waals surface area contributed by atoms with Crippen molar-refractivity contribution in [1.29, 1.82) is 0 Å². The highest BCUT2D eigenvalue weighted by Gasteiger charge is 2.30. The fourth-order valence-electron chi connectivity index (χ4n) is 3.13. The molecule has 8 heteroatoms. The molecule has 1 saturated carbocycles. The van der Waals surface area contributed by atoms with Crippen molar-refractivity contribution in [2.45, 2.75) is 50.7 Å². The quantitative estimate of drug-likeness (QED) is 0.744. The highest BCUT2D eigenvalue weighted by molar-refractivity contribution is 6.03. The Hall–Kier alpha value is -2.64. The maximum Gasteiger partial charge on any atom is 0.416 e. The van der Waals surface area contributed by atoms with Gasteiger partial charge in [0.2, 0.25) is 5.95 Å². The highest BCUT2D eigenvalue weighted by atomic mass is 19.4. The SMILES string of the molecule is O=C(Nc1cccc(C(F)(F)F)c1)c1ccnc(NC2CCCCCC2)n1. The molecule has 1 amide bonds. The molecule has 0 atom stereocenters. The Labute approximate surface area is 155 Å². The number of nitrogens with zero attached hydrogens (tertiary/aromatic N) is 2. The van der Waals surface area contributed by atoms with Gasteiger partial charge in [-0.05, 0) is 37.1 Å². The zero-order chi connectivity index (χ0) is 19.3. The summed E-state index contributed by atoms with van der Waals surface area (Å²) in [5.74, 6) is -0.223. The van der Waals surface area contributed by atoms with Crippen LogP contribution in [-0.4, -0.2) is 21.9 Å². The molecule has 2 aromatic rings. The monoisotopic (exact) mass is 378 g/mol. The minimum atomic E-state index is -4.47. The molecule has 3 rings (SSSR count). The van der Waals surface area contributed by atoms with E-state index in [4.69, 9.17) is 0 Å². The van der Waals surface area contributed by atoms with Gasteiger partial charge in [0.1, 0.15) is 5.69 Å². The first-order chi connectivity index (χ1) is 12.9. The molecule has 1 aromatic heterocycles. The molecule has 1 aliphatic carbocycles. The van der Waals surface area contributed by atoms with Crippen molar-refractivity contribution in [1.82, 2.24) is 9.97 Å². The van der Waals surface area contributed by atoms with Crippen LogP contribution in [0.1, 0.15) is 54.6 Å². The molecule has 144 valence electrons. The average molecular weight is 378 g/mol. The van der Waals surface area contributed by atoms with Gasteiger partial charge in [-0.2, -0.15) is 13.2 Å². The third kappa shape index (κ3) is 5.42. The van der Waals surface area contributed by atoms with Crippen molar-refractivity contribution in [2.24, 2.45) is 0 Å². The van der Waals surface area contributed by atoms with E-state index in [-0.39, 0.29) is 17.4 Å². The maximum absolute atomic E-state index is 12.8. The van der Waals surface area contributed by atoms with Crippen LogP contribution in [0.3, 0.4) is 0 Å². The van der Waals surface area contributed by atoms with Gasteiger partial charge in [-0.25, -0.2) is 9.97 Å². The summed E-state index contributed by atoms with van der Waals surface area (Å²) >= 11 is 0. The summed E-state index contributed by atoms with van der Waals surface area (Å²) in [6.45, 7) is 0. The summed E-state index contributed by atoms with van der Waals surface area (Å²) < 4.78 is 38.4. The Kier molecular flexibility index (Phi) is 5.93. The van der Waals surface area contributed by atoms with Crippen LogP contribution in [0.5, 0.6) is 0 Å². The van der Waals surface area contributed by atoms with Crippen LogP contribution in [-0.2, 0) is 6.18 Å². The first kappa shape index (κ1) is 19.1. The third-order valence-corrected chi connectivity index (χ3v) is 4.52. The zero-order valence-electron chi connectivity index (χ0n) is 14.7. The molecule has 0 aliphatic heterocycles. The van der Waals surface area contributed by atoms with Gasteiger partial charge in [0, 0.05) is 17.9 Å². The van der Waals surface area contributed by atoms with E-state index in [1.54, 1.807) is 0 Å². The Balaban J connectivity index is 1.68. The predicted molar refractivity (Wildman–Crippen MR) is 96.5 cm³/mol. The molecular weight excluding hydrogens is 357 g/mol. The van der Waals surface area contributed by atoms with E-state index < -0.39 is 17.6 Å². The molecule has 2 N–H and O–H groups in total. The van der Waals surface area contributed by atoms with Crippen LogP contribution in [0.2, 0.25) is 0 Å². The van der Waals surface area contributed by atoms with Gasteiger partial charge in [-0.15, -0.1) is 0 Å². The molecule has 0 unspecified atom stereocenters. The fraction of sp³-hybridized carbons (Fsp3) is 0.421. The van der Waals surface area contributed by atoms with Crippen molar-refractivity contribution in [2.75, 3.05) is 10.6 Å². The van der Waals surface area contributed by atoms with Crippen LogP contribution in [0.4, 0.5) is 24.8 Å². The number of benzene rings is 1. The molecule has 1 heterocycles. The molecule has 27 heavy (non-hydrogen) atoms.